The maximum Gasteiger partial charge on any atom is 0.166 e. The van der Waals surface area contributed by atoms with Crippen molar-refractivity contribution in [1.82, 2.24) is 4.90 Å². The van der Waals surface area contributed by atoms with E-state index in [0.717, 1.165) is 49.4 Å². The number of ether oxygens (including phenoxy) is 2. The largest absolute Gasteiger partial charge is 0.493 e. The van der Waals surface area contributed by atoms with Crippen LogP contribution >= 0.6 is 0 Å². The first-order valence-corrected chi connectivity index (χ1v) is 8.44. The molecular formula is C18H28N2O2. The second-order valence-electron chi connectivity index (χ2n) is 6.84. The smallest absolute Gasteiger partial charge is 0.166 e. The molecule has 1 aliphatic carbocycles. The van der Waals surface area contributed by atoms with Crippen LogP contribution in [0.15, 0.2) is 18.2 Å². The third-order valence-electron chi connectivity index (χ3n) is 5.10. The Bertz CT molecular complexity index is 512. The zero-order valence-corrected chi connectivity index (χ0v) is 13.8. The van der Waals surface area contributed by atoms with Gasteiger partial charge in [0.25, 0.3) is 0 Å². The first kappa shape index (κ1) is 15.6. The molecule has 1 saturated heterocycles. The van der Waals surface area contributed by atoms with Gasteiger partial charge in [-0.25, -0.2) is 0 Å². The summed E-state index contributed by atoms with van der Waals surface area (Å²) < 4.78 is 12.0. The summed E-state index contributed by atoms with van der Waals surface area (Å²) in [5.74, 6) is 1.68. The van der Waals surface area contributed by atoms with Crippen LogP contribution in [-0.4, -0.2) is 38.3 Å². The molecule has 1 saturated carbocycles. The van der Waals surface area contributed by atoms with Gasteiger partial charge in [0.1, 0.15) is 6.10 Å². The zero-order valence-electron chi connectivity index (χ0n) is 13.8. The van der Waals surface area contributed by atoms with Crippen LogP contribution in [0.5, 0.6) is 11.5 Å². The van der Waals surface area contributed by atoms with Crippen molar-refractivity contribution in [3.63, 3.8) is 0 Å². The average molecular weight is 304 g/mol. The van der Waals surface area contributed by atoms with Crippen LogP contribution < -0.4 is 15.2 Å². The van der Waals surface area contributed by atoms with Crippen molar-refractivity contribution in [2.24, 2.45) is 5.73 Å². The van der Waals surface area contributed by atoms with Crippen molar-refractivity contribution in [3.8, 4) is 11.5 Å². The van der Waals surface area contributed by atoms with E-state index >= 15 is 0 Å². The summed E-state index contributed by atoms with van der Waals surface area (Å²) in [6, 6.07) is 6.13. The molecule has 22 heavy (non-hydrogen) atoms. The molecule has 3 rings (SSSR count). The fraction of sp³-hybridized carbons (Fsp3) is 0.667. The summed E-state index contributed by atoms with van der Waals surface area (Å²) in [6.45, 7) is 2.12. The molecule has 1 aromatic rings. The van der Waals surface area contributed by atoms with Crippen LogP contribution in [0.2, 0.25) is 0 Å². The summed E-state index contributed by atoms with van der Waals surface area (Å²) in [5, 5.41) is 0. The van der Waals surface area contributed by atoms with E-state index in [-0.39, 0.29) is 11.6 Å². The van der Waals surface area contributed by atoms with Gasteiger partial charge in [-0.2, -0.15) is 0 Å². The lowest BCUT2D eigenvalue weighted by Gasteiger charge is -2.33. The van der Waals surface area contributed by atoms with Crippen molar-refractivity contribution in [2.45, 2.75) is 50.2 Å². The van der Waals surface area contributed by atoms with Crippen molar-refractivity contribution >= 4 is 0 Å². The van der Waals surface area contributed by atoms with Gasteiger partial charge >= 0.3 is 0 Å². The Morgan fingerprint density at radius 2 is 2.00 bits per heavy atom. The maximum absolute atomic E-state index is 6.69. The second-order valence-corrected chi connectivity index (χ2v) is 6.84. The standard InChI is InChI=1S/C18H28N2O2/c1-20-12-6-7-14(13-20)22-17-15(8-5-9-16(17)21-2)18(19)10-3-4-11-18/h5,8-9,14H,3-4,6-7,10-13,19H2,1-2H3. The van der Waals surface area contributed by atoms with E-state index in [9.17, 15) is 0 Å². The number of nitrogens with zero attached hydrogens (tertiary/aromatic N) is 1. The summed E-state index contributed by atoms with van der Waals surface area (Å²) in [6.07, 6.45) is 6.94. The van der Waals surface area contributed by atoms with E-state index in [4.69, 9.17) is 15.2 Å². The Labute approximate surface area is 133 Å². The minimum absolute atomic E-state index is 0.221. The third-order valence-corrected chi connectivity index (χ3v) is 5.10. The minimum Gasteiger partial charge on any atom is -0.493 e. The Hall–Kier alpha value is -1.26. The van der Waals surface area contributed by atoms with E-state index in [1.165, 1.54) is 19.3 Å². The van der Waals surface area contributed by atoms with Crippen molar-refractivity contribution in [1.29, 1.82) is 0 Å². The summed E-state index contributed by atoms with van der Waals surface area (Å²) >= 11 is 0. The molecule has 4 heteroatoms. The number of hydrogen-bond acceptors (Lipinski definition) is 4. The molecule has 122 valence electrons. The average Bonchev–Trinajstić information content (AvgIpc) is 2.95. The lowest BCUT2D eigenvalue weighted by molar-refractivity contribution is 0.0988. The topological polar surface area (TPSA) is 47.7 Å². The number of nitrogens with two attached hydrogens (primary N) is 1. The quantitative estimate of drug-likeness (QED) is 0.929. The molecule has 0 aromatic heterocycles. The number of rotatable bonds is 4. The van der Waals surface area contributed by atoms with Crippen LogP contribution in [0.25, 0.3) is 0 Å². The van der Waals surface area contributed by atoms with Gasteiger partial charge in [0, 0.05) is 17.6 Å². The molecule has 1 unspecified atom stereocenters. The SMILES string of the molecule is COc1cccc(C2(N)CCCC2)c1OC1CCCN(C)C1. The van der Waals surface area contributed by atoms with Gasteiger partial charge < -0.3 is 20.1 Å². The molecule has 1 heterocycles. The van der Waals surface area contributed by atoms with Crippen LogP contribution in [0.1, 0.15) is 44.1 Å². The fourth-order valence-electron chi connectivity index (χ4n) is 3.85. The predicted octanol–water partition coefficient (Wildman–Crippen LogP) is 2.90. The van der Waals surface area contributed by atoms with Gasteiger partial charge in [0.2, 0.25) is 0 Å². The first-order chi connectivity index (χ1) is 10.6. The van der Waals surface area contributed by atoms with E-state index < -0.39 is 0 Å². The number of para-hydroxylation sites is 1. The molecule has 0 radical (unpaired) electrons. The molecule has 1 atom stereocenters. The third kappa shape index (κ3) is 3.08. The van der Waals surface area contributed by atoms with Gasteiger partial charge in [0.05, 0.1) is 7.11 Å². The fourth-order valence-corrected chi connectivity index (χ4v) is 3.85. The van der Waals surface area contributed by atoms with Gasteiger partial charge in [0.15, 0.2) is 11.5 Å². The highest BCUT2D eigenvalue weighted by Gasteiger charge is 2.35. The predicted molar refractivity (Wildman–Crippen MR) is 88.5 cm³/mol. The van der Waals surface area contributed by atoms with Crippen molar-refractivity contribution in [2.75, 3.05) is 27.2 Å². The lowest BCUT2D eigenvalue weighted by atomic mass is 9.88. The second kappa shape index (κ2) is 6.47. The van der Waals surface area contributed by atoms with Crippen LogP contribution in [0.4, 0.5) is 0 Å². The molecule has 2 N–H and O–H groups in total. The molecular weight excluding hydrogens is 276 g/mol. The van der Waals surface area contributed by atoms with Gasteiger partial charge in [-0.15, -0.1) is 0 Å². The zero-order chi connectivity index (χ0) is 15.6. The highest BCUT2D eigenvalue weighted by atomic mass is 16.5. The van der Waals surface area contributed by atoms with Gasteiger partial charge in [-0.1, -0.05) is 25.0 Å². The van der Waals surface area contributed by atoms with E-state index in [0.29, 0.717) is 0 Å². The summed E-state index contributed by atoms with van der Waals surface area (Å²) in [7, 11) is 3.86. The summed E-state index contributed by atoms with van der Waals surface area (Å²) in [5.41, 5.74) is 7.55. The number of piperidine rings is 1. The number of methoxy groups -OCH3 is 1. The monoisotopic (exact) mass is 304 g/mol. The molecule has 0 amide bonds. The van der Waals surface area contributed by atoms with Crippen molar-refractivity contribution < 1.29 is 9.47 Å². The first-order valence-electron chi connectivity index (χ1n) is 8.44. The molecule has 2 fully saturated rings. The summed E-state index contributed by atoms with van der Waals surface area (Å²) in [4.78, 5) is 2.33. The molecule has 1 aliphatic heterocycles. The Morgan fingerprint density at radius 1 is 1.23 bits per heavy atom. The molecule has 0 bridgehead atoms. The van der Waals surface area contributed by atoms with Crippen LogP contribution in [0, 0.1) is 0 Å². The lowest BCUT2D eigenvalue weighted by Crippen LogP contribution is -2.40. The Kier molecular flexibility index (Phi) is 4.59. The molecule has 2 aliphatic rings. The highest BCUT2D eigenvalue weighted by Crippen LogP contribution is 2.44. The van der Waals surface area contributed by atoms with Crippen LogP contribution in [0.3, 0.4) is 0 Å². The van der Waals surface area contributed by atoms with Crippen molar-refractivity contribution in [3.05, 3.63) is 23.8 Å². The number of likely N-dealkylation sites (N-methyl/N-ethyl adjacent to an activating group) is 1. The molecule has 4 nitrogen and oxygen atoms in total. The maximum atomic E-state index is 6.69. The number of likely N-dealkylation sites (tertiary alicyclic amines) is 1. The Balaban J connectivity index is 1.90. The van der Waals surface area contributed by atoms with E-state index in [1.807, 2.05) is 12.1 Å². The van der Waals surface area contributed by atoms with E-state index in [2.05, 4.69) is 18.0 Å². The number of hydrogen-bond donors (Lipinski definition) is 1. The molecule has 1 aromatic carbocycles. The normalized spacial score (nSPS) is 25.1. The number of benzene rings is 1. The van der Waals surface area contributed by atoms with E-state index in [1.54, 1.807) is 7.11 Å². The van der Waals surface area contributed by atoms with Gasteiger partial charge in [-0.3, -0.25) is 0 Å². The van der Waals surface area contributed by atoms with Crippen LogP contribution in [-0.2, 0) is 5.54 Å². The Morgan fingerprint density at radius 3 is 2.68 bits per heavy atom. The molecule has 0 spiro atoms. The highest BCUT2D eigenvalue weighted by molar-refractivity contribution is 5.50. The van der Waals surface area contributed by atoms with Gasteiger partial charge in [-0.05, 0) is 45.3 Å². The minimum atomic E-state index is -0.259.